The molecule has 0 spiro atoms. The highest BCUT2D eigenvalue weighted by atomic mass is 32.2. The number of amides is 1. The van der Waals surface area contributed by atoms with Crippen LogP contribution in [0, 0.1) is 6.92 Å². The number of oxazole rings is 1. The van der Waals surface area contributed by atoms with Crippen LogP contribution in [0.5, 0.6) is 0 Å². The van der Waals surface area contributed by atoms with Gasteiger partial charge < -0.3 is 9.73 Å². The quantitative estimate of drug-likeness (QED) is 0.515. The van der Waals surface area contributed by atoms with Crippen molar-refractivity contribution in [3.63, 3.8) is 0 Å². The van der Waals surface area contributed by atoms with Crippen molar-refractivity contribution in [1.29, 1.82) is 0 Å². The maximum atomic E-state index is 12.5. The number of rotatable bonds is 8. The van der Waals surface area contributed by atoms with Crippen molar-refractivity contribution in [2.24, 2.45) is 0 Å². The number of benzene rings is 1. The van der Waals surface area contributed by atoms with E-state index in [9.17, 15) is 4.79 Å². The predicted octanol–water partition coefficient (Wildman–Crippen LogP) is 3.60. The summed E-state index contributed by atoms with van der Waals surface area (Å²) in [5.41, 5.74) is 3.38. The number of para-hydroxylation sites is 2. The van der Waals surface area contributed by atoms with Crippen LogP contribution in [0.15, 0.2) is 51.1 Å². The van der Waals surface area contributed by atoms with Gasteiger partial charge in [0.25, 0.3) is 5.22 Å². The monoisotopic (exact) mass is 457 g/mol. The fourth-order valence-corrected chi connectivity index (χ4v) is 4.79. The molecule has 1 aliphatic heterocycles. The minimum atomic E-state index is 0.0155. The zero-order valence-corrected chi connectivity index (χ0v) is 19.5. The molecule has 31 heavy (non-hydrogen) atoms. The third-order valence-electron chi connectivity index (χ3n) is 5.28. The maximum Gasteiger partial charge on any atom is 0.256 e. The van der Waals surface area contributed by atoms with Gasteiger partial charge in [-0.3, -0.25) is 14.6 Å². The molecule has 1 aliphatic rings. The smallest absolute Gasteiger partial charge is 0.256 e. The maximum absolute atomic E-state index is 12.5. The van der Waals surface area contributed by atoms with Crippen LogP contribution < -0.4 is 5.32 Å². The Morgan fingerprint density at radius 1 is 1.10 bits per heavy atom. The van der Waals surface area contributed by atoms with Crippen molar-refractivity contribution in [1.82, 2.24) is 19.8 Å². The van der Waals surface area contributed by atoms with Gasteiger partial charge in [0.2, 0.25) is 5.91 Å². The van der Waals surface area contributed by atoms with Crippen LogP contribution >= 0.6 is 23.5 Å². The number of nitrogens with zero attached hydrogens (tertiary/aromatic N) is 4. The van der Waals surface area contributed by atoms with Crippen molar-refractivity contribution < 1.29 is 9.21 Å². The molecule has 3 aromatic rings. The SMILES string of the molecule is CSc1ccc(NC(=O)CN2CCN(CCSc3nc4ccccc4o3)CC2)c(C)n1. The van der Waals surface area contributed by atoms with Crippen LogP contribution in [0.25, 0.3) is 11.1 Å². The Labute approximate surface area is 191 Å². The number of pyridine rings is 1. The van der Waals surface area contributed by atoms with Gasteiger partial charge in [-0.05, 0) is 37.4 Å². The molecule has 1 amide bonds. The highest BCUT2D eigenvalue weighted by molar-refractivity contribution is 7.99. The van der Waals surface area contributed by atoms with Crippen LogP contribution in [0.3, 0.4) is 0 Å². The molecule has 0 radical (unpaired) electrons. The summed E-state index contributed by atoms with van der Waals surface area (Å²) >= 11 is 3.25. The third kappa shape index (κ3) is 6.00. The number of aromatic nitrogens is 2. The van der Waals surface area contributed by atoms with E-state index in [1.54, 1.807) is 23.5 Å². The van der Waals surface area contributed by atoms with Gasteiger partial charge >= 0.3 is 0 Å². The number of anilines is 1. The molecule has 0 atom stereocenters. The van der Waals surface area contributed by atoms with Crippen molar-refractivity contribution in [3.05, 3.63) is 42.1 Å². The molecule has 3 heterocycles. The lowest BCUT2D eigenvalue weighted by Crippen LogP contribution is -2.49. The number of thioether (sulfide) groups is 2. The molecule has 1 fully saturated rings. The van der Waals surface area contributed by atoms with Gasteiger partial charge in [-0.1, -0.05) is 23.9 Å². The fourth-order valence-electron chi connectivity index (χ4n) is 3.52. The van der Waals surface area contributed by atoms with Gasteiger partial charge in [-0.15, -0.1) is 11.8 Å². The molecule has 0 unspecified atom stereocenters. The lowest BCUT2D eigenvalue weighted by atomic mass is 10.3. The van der Waals surface area contributed by atoms with Gasteiger partial charge in [0.05, 0.1) is 23.0 Å². The lowest BCUT2D eigenvalue weighted by molar-refractivity contribution is -0.117. The van der Waals surface area contributed by atoms with E-state index in [1.807, 2.05) is 49.6 Å². The first-order chi connectivity index (χ1) is 15.1. The van der Waals surface area contributed by atoms with Crippen molar-refractivity contribution in [2.45, 2.75) is 17.2 Å². The molecule has 0 bridgehead atoms. The topological polar surface area (TPSA) is 74.5 Å². The second-order valence-corrected chi connectivity index (χ2v) is 9.32. The van der Waals surface area contributed by atoms with E-state index < -0.39 is 0 Å². The van der Waals surface area contributed by atoms with E-state index >= 15 is 0 Å². The number of hydrogen-bond acceptors (Lipinski definition) is 8. The molecule has 0 aliphatic carbocycles. The number of aryl methyl sites for hydroxylation is 1. The summed E-state index contributed by atoms with van der Waals surface area (Å²) in [5.74, 6) is 0.952. The van der Waals surface area contributed by atoms with Crippen LogP contribution in [-0.4, -0.2) is 77.0 Å². The van der Waals surface area contributed by atoms with Crippen LogP contribution in [0.1, 0.15) is 5.69 Å². The Hall–Kier alpha value is -2.07. The molecule has 1 aromatic carbocycles. The van der Waals surface area contributed by atoms with E-state index in [-0.39, 0.29) is 5.91 Å². The van der Waals surface area contributed by atoms with Gasteiger partial charge in [0.15, 0.2) is 5.58 Å². The molecule has 164 valence electrons. The first-order valence-corrected chi connectivity index (χ1v) is 12.6. The summed E-state index contributed by atoms with van der Waals surface area (Å²) < 4.78 is 5.76. The van der Waals surface area contributed by atoms with Gasteiger partial charge in [-0.25, -0.2) is 9.97 Å². The van der Waals surface area contributed by atoms with Crippen molar-refractivity contribution in [3.8, 4) is 0 Å². The van der Waals surface area contributed by atoms with Gasteiger partial charge in [0, 0.05) is 38.5 Å². The highest BCUT2D eigenvalue weighted by Crippen LogP contribution is 2.23. The predicted molar refractivity (Wildman–Crippen MR) is 127 cm³/mol. The van der Waals surface area contributed by atoms with Gasteiger partial charge in [0.1, 0.15) is 5.52 Å². The number of nitrogens with one attached hydrogen (secondary N) is 1. The Morgan fingerprint density at radius 2 is 1.87 bits per heavy atom. The first kappa shape index (κ1) is 22.1. The van der Waals surface area contributed by atoms with E-state index in [0.717, 1.165) is 71.2 Å². The number of fused-ring (bicyclic) bond motifs is 1. The zero-order valence-electron chi connectivity index (χ0n) is 17.8. The summed E-state index contributed by atoms with van der Waals surface area (Å²) in [4.78, 5) is 26.1. The molecule has 9 heteroatoms. The number of carbonyl (C=O) groups is 1. The summed E-state index contributed by atoms with van der Waals surface area (Å²) in [6.45, 7) is 7.03. The Bertz CT molecular complexity index is 1000. The zero-order chi connectivity index (χ0) is 21.6. The highest BCUT2D eigenvalue weighted by Gasteiger charge is 2.19. The Morgan fingerprint density at radius 3 is 2.61 bits per heavy atom. The van der Waals surface area contributed by atoms with Crippen LogP contribution in [-0.2, 0) is 4.79 Å². The van der Waals surface area contributed by atoms with Crippen LogP contribution in [0.4, 0.5) is 5.69 Å². The average Bonchev–Trinajstić information content (AvgIpc) is 3.19. The van der Waals surface area contributed by atoms with E-state index in [2.05, 4.69) is 25.1 Å². The number of piperazine rings is 1. The Balaban J connectivity index is 1.17. The Kier molecular flexibility index (Phi) is 7.49. The summed E-state index contributed by atoms with van der Waals surface area (Å²) in [6, 6.07) is 11.7. The second kappa shape index (κ2) is 10.5. The van der Waals surface area contributed by atoms with E-state index in [1.165, 1.54) is 0 Å². The summed E-state index contributed by atoms with van der Waals surface area (Å²) in [7, 11) is 0. The van der Waals surface area contributed by atoms with Crippen molar-refractivity contribution >= 4 is 46.2 Å². The van der Waals surface area contributed by atoms with Crippen LogP contribution in [0.2, 0.25) is 0 Å². The minimum absolute atomic E-state index is 0.0155. The summed E-state index contributed by atoms with van der Waals surface area (Å²) in [5, 5.41) is 4.68. The normalized spacial score (nSPS) is 15.4. The van der Waals surface area contributed by atoms with E-state index in [4.69, 9.17) is 4.42 Å². The fraction of sp³-hybridized carbons (Fsp3) is 0.409. The minimum Gasteiger partial charge on any atom is -0.431 e. The molecule has 1 N–H and O–H groups in total. The first-order valence-electron chi connectivity index (χ1n) is 10.4. The second-order valence-electron chi connectivity index (χ2n) is 7.45. The van der Waals surface area contributed by atoms with Crippen molar-refractivity contribution in [2.75, 3.05) is 56.6 Å². The number of carbonyl (C=O) groups excluding carboxylic acids is 1. The molecular formula is C22H27N5O2S2. The lowest BCUT2D eigenvalue weighted by Gasteiger charge is -2.34. The molecule has 2 aromatic heterocycles. The van der Waals surface area contributed by atoms with Gasteiger partial charge in [-0.2, -0.15) is 0 Å². The van der Waals surface area contributed by atoms with E-state index in [0.29, 0.717) is 6.54 Å². The number of hydrogen-bond donors (Lipinski definition) is 1. The largest absolute Gasteiger partial charge is 0.431 e. The molecule has 7 nitrogen and oxygen atoms in total. The summed E-state index contributed by atoms with van der Waals surface area (Å²) in [6.07, 6.45) is 1.99. The molecular weight excluding hydrogens is 430 g/mol. The average molecular weight is 458 g/mol. The molecule has 1 saturated heterocycles. The molecule has 0 saturated carbocycles. The third-order valence-corrected chi connectivity index (χ3v) is 6.74. The standard InChI is InChI=1S/C22H27N5O2S2/c1-16-17(7-8-21(23-16)30-2)24-20(28)15-27-11-9-26(10-12-27)13-14-31-22-25-18-5-3-4-6-19(18)29-22/h3-8H,9-15H2,1-2H3,(H,24,28). The molecule has 4 rings (SSSR count).